The largest absolute Gasteiger partial charge is 0.115 e. The second-order valence-corrected chi connectivity index (χ2v) is 23.5. The molecule has 0 aliphatic rings. The summed E-state index contributed by atoms with van der Waals surface area (Å²) in [6.45, 7) is 0. The van der Waals surface area contributed by atoms with E-state index in [1.54, 1.807) is 0 Å². The minimum Gasteiger partial charge on any atom is -0.115 e. The van der Waals surface area contributed by atoms with Crippen LogP contribution in [0.2, 0.25) is 0 Å². The molecule has 0 heteroatoms. The van der Waals surface area contributed by atoms with Gasteiger partial charge < -0.3 is 0 Å². The van der Waals surface area contributed by atoms with Crippen LogP contribution in [0.3, 0.4) is 0 Å². The van der Waals surface area contributed by atoms with Crippen molar-refractivity contribution in [3.8, 4) is 235 Å². The van der Waals surface area contributed by atoms with Crippen molar-refractivity contribution in [2.75, 3.05) is 0 Å². The molecule has 0 N–H and O–H groups in total. The van der Waals surface area contributed by atoms with Crippen LogP contribution >= 0.6 is 0 Å². The molecule has 0 saturated carbocycles. The average molecular weight is 1230 g/mol. The van der Waals surface area contributed by atoms with Crippen LogP contribution in [0.5, 0.6) is 0 Å². The highest BCUT2D eigenvalue weighted by molar-refractivity contribution is 6.24. The zero-order valence-electron chi connectivity index (χ0n) is 53.0. The van der Waals surface area contributed by atoms with E-state index < -0.39 is 0 Å². The molecule has 0 unspecified atom stereocenters. The van der Waals surface area contributed by atoms with Crippen molar-refractivity contribution >= 4 is 32.3 Å². The molecular weight excluding hydrogens is 1180 g/mol. The predicted octanol–water partition coefficient (Wildman–Crippen LogP) is 21.6. The van der Waals surface area contributed by atoms with Crippen molar-refractivity contribution in [1.82, 2.24) is 0 Å². The van der Waals surface area contributed by atoms with Gasteiger partial charge in [-0.15, -0.1) is 64.2 Å². The molecule has 0 aromatic heterocycles. The van der Waals surface area contributed by atoms with E-state index in [9.17, 15) is 0 Å². The van der Waals surface area contributed by atoms with Crippen LogP contribution in [0.4, 0.5) is 0 Å². The maximum Gasteiger partial charge on any atom is 0.0477 e. The Balaban J connectivity index is 1.04. The normalized spacial score (nSPS) is 10.6. The Kier molecular flexibility index (Phi) is 16.1. The van der Waals surface area contributed by atoms with Gasteiger partial charge in [-0.3, -0.25) is 0 Å². The zero-order chi connectivity index (χ0) is 67.6. The number of rotatable bonds is 10. The van der Waals surface area contributed by atoms with Crippen LogP contribution < -0.4 is 0 Å². The Hall–Kier alpha value is -14.5. The van der Waals surface area contributed by atoms with Crippen molar-refractivity contribution in [2.45, 2.75) is 0 Å². The molecule has 0 radical (unpaired) electrons. The minimum absolute atomic E-state index is 0.591. The summed E-state index contributed by atoms with van der Waals surface area (Å²) in [5.74, 6) is 28.8. The van der Waals surface area contributed by atoms with Gasteiger partial charge in [0.05, 0.1) is 0 Å². The molecule has 98 heavy (non-hydrogen) atoms. The fourth-order valence-corrected chi connectivity index (χ4v) is 14.2. The molecule has 0 aliphatic heterocycles. The Morgan fingerprint density at radius 1 is 0.153 bits per heavy atom. The SMILES string of the molecule is C#Cc1cccc(-c2cccc(-c3cc(-c4c(-c5cccc(C#C)c5C#C)cccc4-c4cccc(C#C)c4C#C)cc(-c4ccc(-c5c6ccccc6c(-c6cc(-c7cccc(C#C)c7C#C)cc(-c7cccc(C#C)c7C#C)c6)c6ccccc56)c5ccccc45)c3)c2)c1C#C. The molecule has 0 saturated heterocycles. The van der Waals surface area contributed by atoms with E-state index in [0.29, 0.717) is 55.6 Å². The number of benzene rings is 14. The molecule has 14 aromatic carbocycles. The fraction of sp³-hybridized carbons (Fsp3) is 0. The molecule has 444 valence electrons. The molecule has 14 rings (SSSR count). The third-order valence-corrected chi connectivity index (χ3v) is 18.5. The van der Waals surface area contributed by atoms with Crippen LogP contribution in [-0.2, 0) is 0 Å². The van der Waals surface area contributed by atoms with Crippen molar-refractivity contribution in [3.63, 3.8) is 0 Å². The molecule has 0 nitrogen and oxygen atoms in total. The van der Waals surface area contributed by atoms with Crippen LogP contribution in [0.25, 0.3) is 144 Å². The van der Waals surface area contributed by atoms with E-state index in [-0.39, 0.29) is 0 Å². The maximum atomic E-state index is 6.44. The lowest BCUT2D eigenvalue weighted by molar-refractivity contribution is 1.51. The first-order chi connectivity index (χ1) is 48.2. The summed E-state index contributed by atoms with van der Waals surface area (Å²) in [5, 5.41) is 6.26. The van der Waals surface area contributed by atoms with Gasteiger partial charge in [0.2, 0.25) is 0 Å². The van der Waals surface area contributed by atoms with Gasteiger partial charge in [-0.1, -0.05) is 241 Å². The summed E-state index contributed by atoms with van der Waals surface area (Å²) in [6.07, 6.45) is 62.4. The second-order valence-electron chi connectivity index (χ2n) is 23.5. The van der Waals surface area contributed by atoms with E-state index in [2.05, 4.69) is 217 Å². The van der Waals surface area contributed by atoms with Crippen molar-refractivity contribution < 1.29 is 0 Å². The quantitative estimate of drug-likeness (QED) is 0.0946. The molecular formula is C98H52. The van der Waals surface area contributed by atoms with Crippen LogP contribution in [-0.4, -0.2) is 0 Å². The Labute approximate surface area is 573 Å². The maximum absolute atomic E-state index is 6.44. The Morgan fingerprint density at radius 2 is 0.429 bits per heavy atom. The highest BCUT2D eigenvalue weighted by Crippen LogP contribution is 2.50. The summed E-state index contributed by atoms with van der Waals surface area (Å²) in [5.41, 5.74) is 24.2. The van der Waals surface area contributed by atoms with E-state index in [4.69, 9.17) is 64.2 Å². The van der Waals surface area contributed by atoms with Gasteiger partial charge >= 0.3 is 0 Å². The summed E-state index contributed by atoms with van der Waals surface area (Å²) in [6, 6.07) is 87.4. The number of hydrogen-bond acceptors (Lipinski definition) is 0. The lowest BCUT2D eigenvalue weighted by Gasteiger charge is -2.22. The monoisotopic (exact) mass is 1230 g/mol. The van der Waals surface area contributed by atoms with Crippen molar-refractivity contribution in [1.29, 1.82) is 0 Å². The summed E-state index contributed by atoms with van der Waals surface area (Å²) >= 11 is 0. The first kappa shape index (κ1) is 61.0. The van der Waals surface area contributed by atoms with Gasteiger partial charge in [0.15, 0.2) is 0 Å². The standard InChI is InChI=1S/C98H52/c1-11-63-34-28-47-81(76(63)16-6)69-40-27-39-68(56-69)70-57-71(60-74(58-70)96-89(85-50-31-37-66(14-4)79(85)19-9)52-33-53-90(96)86-51-32-38-67(15-5)80(86)20-10)84-54-55-95(88-42-22-21-41-87(84)88)98-93-45-25-23-43-91(93)97(92-44-24-26-46-94(92)98)75-61-72(82-48-29-35-64(12-2)77(82)17-7)59-73(62-75)83-49-30-36-65(13-3)78(83)18-8/h1-10,21-62H. The van der Waals surface area contributed by atoms with E-state index in [0.717, 1.165) is 144 Å². The smallest absolute Gasteiger partial charge is 0.0477 e. The minimum atomic E-state index is 0.591. The van der Waals surface area contributed by atoms with Gasteiger partial charge in [0, 0.05) is 55.6 Å². The molecule has 0 bridgehead atoms. The number of hydrogen-bond donors (Lipinski definition) is 0. The third-order valence-electron chi connectivity index (χ3n) is 18.5. The van der Waals surface area contributed by atoms with Crippen LogP contribution in [0, 0.1) is 123 Å². The molecule has 0 amide bonds. The predicted molar refractivity (Wildman–Crippen MR) is 413 cm³/mol. The molecule has 0 fully saturated rings. The van der Waals surface area contributed by atoms with Crippen LogP contribution in [0.15, 0.2) is 255 Å². The Morgan fingerprint density at radius 3 is 0.857 bits per heavy atom. The van der Waals surface area contributed by atoms with Crippen LogP contribution in [0.1, 0.15) is 55.6 Å². The van der Waals surface area contributed by atoms with Gasteiger partial charge in [-0.25, -0.2) is 0 Å². The van der Waals surface area contributed by atoms with E-state index in [1.165, 1.54) is 0 Å². The summed E-state index contributed by atoms with van der Waals surface area (Å²) in [4.78, 5) is 0. The average Bonchev–Trinajstić information content (AvgIpc) is 0.727. The Bertz CT molecular complexity index is 5980. The fourth-order valence-electron chi connectivity index (χ4n) is 14.2. The van der Waals surface area contributed by atoms with Crippen molar-refractivity contribution in [3.05, 3.63) is 310 Å². The third kappa shape index (κ3) is 10.4. The topological polar surface area (TPSA) is 0 Å². The number of fused-ring (bicyclic) bond motifs is 3. The van der Waals surface area contributed by atoms with Gasteiger partial charge in [-0.2, -0.15) is 0 Å². The molecule has 0 aliphatic carbocycles. The summed E-state index contributed by atoms with van der Waals surface area (Å²) < 4.78 is 0. The van der Waals surface area contributed by atoms with Gasteiger partial charge in [-0.05, 0) is 216 Å². The molecule has 0 spiro atoms. The first-order valence-corrected chi connectivity index (χ1v) is 31.5. The molecule has 14 aromatic rings. The van der Waals surface area contributed by atoms with Crippen molar-refractivity contribution in [2.24, 2.45) is 0 Å². The lowest BCUT2D eigenvalue weighted by atomic mass is 9.81. The molecule has 0 heterocycles. The first-order valence-electron chi connectivity index (χ1n) is 31.5. The van der Waals surface area contributed by atoms with E-state index in [1.807, 2.05) is 97.1 Å². The second kappa shape index (κ2) is 25.9. The van der Waals surface area contributed by atoms with Gasteiger partial charge in [0.1, 0.15) is 0 Å². The lowest BCUT2D eigenvalue weighted by Crippen LogP contribution is -1.98. The zero-order valence-corrected chi connectivity index (χ0v) is 53.0. The summed E-state index contributed by atoms with van der Waals surface area (Å²) in [7, 11) is 0. The van der Waals surface area contributed by atoms with E-state index >= 15 is 0 Å². The number of terminal acetylenes is 10. The highest BCUT2D eigenvalue weighted by Gasteiger charge is 2.25. The molecule has 0 atom stereocenters. The van der Waals surface area contributed by atoms with Gasteiger partial charge in [0.25, 0.3) is 0 Å². The highest BCUT2D eigenvalue weighted by atomic mass is 14.3.